The van der Waals surface area contributed by atoms with Crippen LogP contribution in [0.1, 0.15) is 58.3 Å². The molecule has 1 aliphatic heterocycles. The number of hydrogen-bond donors (Lipinski definition) is 1. The van der Waals surface area contributed by atoms with E-state index in [1.54, 1.807) is 32.0 Å². The maximum absolute atomic E-state index is 13.2. The van der Waals surface area contributed by atoms with Crippen LogP contribution in [0.5, 0.6) is 0 Å². The Morgan fingerprint density at radius 1 is 0.944 bits per heavy atom. The van der Waals surface area contributed by atoms with Crippen LogP contribution in [0.3, 0.4) is 0 Å². The maximum atomic E-state index is 13.2. The van der Waals surface area contributed by atoms with Crippen LogP contribution in [-0.4, -0.2) is 47.0 Å². The Bertz CT molecular complexity index is 1250. The third-order valence-corrected chi connectivity index (χ3v) is 7.11. The zero-order valence-corrected chi connectivity index (χ0v) is 22.3. The average Bonchev–Trinajstić information content (AvgIpc) is 3.08. The quantitative estimate of drug-likeness (QED) is 0.143. The van der Waals surface area contributed by atoms with Gasteiger partial charge < -0.3 is 10.1 Å². The van der Waals surface area contributed by atoms with Crippen LogP contribution in [0.25, 0.3) is 0 Å². The summed E-state index contributed by atoms with van der Waals surface area (Å²) in [5, 5.41) is 1.61. The van der Waals surface area contributed by atoms with E-state index < -0.39 is 36.3 Å². The monoisotopic (exact) mass is 572 g/mol. The molecule has 0 saturated heterocycles. The molecule has 8 nitrogen and oxygen atoms in total. The molecule has 0 aromatic heterocycles. The summed E-state index contributed by atoms with van der Waals surface area (Å²) in [5.74, 6) is -3.75. The van der Waals surface area contributed by atoms with Crippen molar-refractivity contribution in [3.63, 3.8) is 0 Å². The second kappa shape index (κ2) is 11.2. The van der Waals surface area contributed by atoms with Gasteiger partial charge in [-0.2, -0.15) is 0 Å². The van der Waals surface area contributed by atoms with Crippen molar-refractivity contribution < 1.29 is 28.7 Å². The lowest BCUT2D eigenvalue weighted by Gasteiger charge is -2.26. The number of imide groups is 1. The Morgan fingerprint density at radius 3 is 2.00 bits per heavy atom. The van der Waals surface area contributed by atoms with Crippen molar-refractivity contribution in [1.29, 1.82) is 0 Å². The van der Waals surface area contributed by atoms with Crippen molar-refractivity contribution in [2.75, 3.05) is 11.9 Å². The Labute approximate surface area is 226 Å². The molecule has 1 heterocycles. The molecule has 0 fully saturated rings. The predicted octanol–water partition coefficient (Wildman–Crippen LogP) is 5.70. The van der Waals surface area contributed by atoms with Crippen molar-refractivity contribution in [2.45, 2.75) is 33.2 Å². The summed E-state index contributed by atoms with van der Waals surface area (Å²) in [6, 6.07) is 4.86. The molecule has 36 heavy (non-hydrogen) atoms. The highest BCUT2D eigenvalue weighted by Crippen LogP contribution is 2.45. The van der Waals surface area contributed by atoms with Gasteiger partial charge in [-0.05, 0) is 31.4 Å². The molecular weight excluding hydrogens is 554 g/mol. The van der Waals surface area contributed by atoms with Crippen LogP contribution in [0.4, 0.5) is 5.69 Å². The average molecular weight is 574 g/mol. The Balaban J connectivity index is 1.80. The Hall–Kier alpha value is -2.65. The van der Waals surface area contributed by atoms with E-state index in [0.717, 1.165) is 0 Å². The minimum Gasteiger partial charge on any atom is -0.454 e. The molecule has 0 aliphatic carbocycles. The molecule has 2 aromatic carbocycles. The van der Waals surface area contributed by atoms with E-state index in [0.29, 0.717) is 16.2 Å². The minimum absolute atomic E-state index is 0.0449. The molecule has 3 amide bonds. The van der Waals surface area contributed by atoms with Gasteiger partial charge in [-0.25, -0.2) is 4.79 Å². The number of benzene rings is 2. The first-order chi connectivity index (χ1) is 16.8. The standard InChI is InChI=1S/C24H20Cl4N2O6/c1-10(2)7-14(24(35)36-9-15(32)29-13-6-4-5-12(8-13)11(3)31)30-22(33)16-17(23(30)34)19(26)21(28)20(27)18(16)25/h4-6,8,10,14H,7,9H2,1-3H3,(H,29,32)/t14-/m1/s1. The number of amides is 3. The van der Waals surface area contributed by atoms with Crippen molar-refractivity contribution >= 4 is 81.6 Å². The smallest absolute Gasteiger partial charge is 0.329 e. The second-order valence-electron chi connectivity index (χ2n) is 8.42. The molecule has 12 heteroatoms. The summed E-state index contributed by atoms with van der Waals surface area (Å²) in [4.78, 5) is 63.9. The van der Waals surface area contributed by atoms with Crippen LogP contribution in [0.2, 0.25) is 20.1 Å². The largest absolute Gasteiger partial charge is 0.454 e. The topological polar surface area (TPSA) is 110 Å². The highest BCUT2D eigenvalue weighted by atomic mass is 35.5. The number of fused-ring (bicyclic) bond motifs is 1. The Morgan fingerprint density at radius 2 is 1.50 bits per heavy atom. The fourth-order valence-corrected chi connectivity index (χ4v) is 4.66. The molecular formula is C24H20Cl4N2O6. The van der Waals surface area contributed by atoms with Gasteiger partial charge in [-0.3, -0.25) is 24.1 Å². The normalized spacial score (nSPS) is 13.6. The van der Waals surface area contributed by atoms with Crippen molar-refractivity contribution in [2.24, 2.45) is 5.92 Å². The first-order valence-electron chi connectivity index (χ1n) is 10.7. The number of esters is 1. The van der Waals surface area contributed by atoms with Gasteiger partial charge in [0.25, 0.3) is 17.7 Å². The third kappa shape index (κ3) is 5.52. The number of ether oxygens (including phenoxy) is 1. The summed E-state index contributed by atoms with van der Waals surface area (Å²) in [6.07, 6.45) is 0.0449. The number of carbonyl (C=O) groups excluding carboxylic acids is 5. The number of carbonyl (C=O) groups is 5. The zero-order chi connectivity index (χ0) is 26.9. The molecule has 0 spiro atoms. The molecule has 1 N–H and O–H groups in total. The number of nitrogens with one attached hydrogen (secondary N) is 1. The summed E-state index contributed by atoms with van der Waals surface area (Å²) in [7, 11) is 0. The maximum Gasteiger partial charge on any atom is 0.329 e. The number of halogens is 4. The first-order valence-corrected chi connectivity index (χ1v) is 12.2. The lowest BCUT2D eigenvalue weighted by molar-refractivity contribution is -0.151. The molecule has 0 radical (unpaired) electrons. The number of anilines is 1. The van der Waals surface area contributed by atoms with Gasteiger partial charge in [0, 0.05) is 11.3 Å². The lowest BCUT2D eigenvalue weighted by Crippen LogP contribution is -2.47. The second-order valence-corrected chi connectivity index (χ2v) is 9.94. The van der Waals surface area contributed by atoms with Gasteiger partial charge in [0.2, 0.25) is 0 Å². The number of hydrogen-bond acceptors (Lipinski definition) is 6. The summed E-state index contributed by atoms with van der Waals surface area (Å²) >= 11 is 24.4. The van der Waals surface area contributed by atoms with Gasteiger partial charge in [0.1, 0.15) is 6.04 Å². The van der Waals surface area contributed by atoms with Gasteiger partial charge in [0.15, 0.2) is 12.4 Å². The molecule has 1 atom stereocenters. The molecule has 0 saturated carbocycles. The molecule has 190 valence electrons. The summed E-state index contributed by atoms with van der Waals surface area (Å²) in [5.41, 5.74) is 0.210. The van der Waals surface area contributed by atoms with E-state index in [1.807, 2.05) is 0 Å². The molecule has 0 unspecified atom stereocenters. The minimum atomic E-state index is -1.36. The number of rotatable bonds is 8. The van der Waals surface area contributed by atoms with Crippen molar-refractivity contribution in [1.82, 2.24) is 4.90 Å². The van der Waals surface area contributed by atoms with E-state index >= 15 is 0 Å². The van der Waals surface area contributed by atoms with Crippen molar-refractivity contribution in [3.8, 4) is 0 Å². The molecule has 3 rings (SSSR count). The zero-order valence-electron chi connectivity index (χ0n) is 19.3. The van der Waals surface area contributed by atoms with Gasteiger partial charge >= 0.3 is 5.97 Å². The number of ketones is 1. The van der Waals surface area contributed by atoms with E-state index in [2.05, 4.69) is 5.32 Å². The summed E-state index contributed by atoms with van der Waals surface area (Å²) in [6.45, 7) is 4.25. The van der Waals surface area contributed by atoms with E-state index in [4.69, 9.17) is 51.1 Å². The van der Waals surface area contributed by atoms with Gasteiger partial charge in [-0.1, -0.05) is 72.4 Å². The first kappa shape index (κ1) is 27.9. The molecule has 2 aromatic rings. The van der Waals surface area contributed by atoms with E-state index in [-0.39, 0.29) is 49.3 Å². The fraction of sp³-hybridized carbons (Fsp3) is 0.292. The van der Waals surface area contributed by atoms with Crippen LogP contribution in [0, 0.1) is 5.92 Å². The molecule has 1 aliphatic rings. The van der Waals surface area contributed by atoms with Crippen molar-refractivity contribution in [3.05, 3.63) is 61.0 Å². The van der Waals surface area contributed by atoms with Crippen LogP contribution in [0.15, 0.2) is 24.3 Å². The van der Waals surface area contributed by atoms with Gasteiger partial charge in [-0.15, -0.1) is 0 Å². The SMILES string of the molecule is CC(=O)c1cccc(NC(=O)COC(=O)[C@@H](CC(C)C)N2C(=O)c3c(Cl)c(Cl)c(Cl)c(Cl)c3C2=O)c1. The highest BCUT2D eigenvalue weighted by molar-refractivity contribution is 6.55. The fourth-order valence-electron chi connectivity index (χ4n) is 3.65. The Kier molecular flexibility index (Phi) is 8.67. The van der Waals surface area contributed by atoms with Crippen LogP contribution >= 0.6 is 46.4 Å². The highest BCUT2D eigenvalue weighted by Gasteiger charge is 2.47. The molecule has 0 bridgehead atoms. The third-order valence-electron chi connectivity index (χ3n) is 5.31. The van der Waals surface area contributed by atoms with Crippen LogP contribution < -0.4 is 5.32 Å². The predicted molar refractivity (Wildman–Crippen MR) is 136 cm³/mol. The van der Waals surface area contributed by atoms with E-state index in [1.165, 1.54) is 13.0 Å². The van der Waals surface area contributed by atoms with Crippen LogP contribution in [-0.2, 0) is 14.3 Å². The number of Topliss-reactive ketones (excluding diaryl/α,β-unsaturated/α-hetero) is 1. The van der Waals surface area contributed by atoms with E-state index in [9.17, 15) is 24.0 Å². The number of nitrogens with zero attached hydrogens (tertiary/aromatic N) is 1. The lowest BCUT2D eigenvalue weighted by atomic mass is 10.0. The van der Waals surface area contributed by atoms with Gasteiger partial charge in [0.05, 0.1) is 31.2 Å². The summed E-state index contributed by atoms with van der Waals surface area (Å²) < 4.78 is 5.15.